The first kappa shape index (κ1) is 15.4. The van der Waals surface area contributed by atoms with Gasteiger partial charge in [0.25, 0.3) is 0 Å². The predicted octanol–water partition coefficient (Wildman–Crippen LogP) is 0.374. The van der Waals surface area contributed by atoms with Gasteiger partial charge in [-0.15, -0.1) is 12.4 Å². The van der Waals surface area contributed by atoms with Crippen LogP contribution in [0.4, 0.5) is 0 Å². The zero-order chi connectivity index (χ0) is 11.5. The first-order valence-electron chi connectivity index (χ1n) is 4.59. The average Bonchev–Trinajstić information content (AvgIpc) is 2.17. The molecule has 1 aromatic rings. The van der Waals surface area contributed by atoms with Crippen molar-refractivity contribution in [2.24, 2.45) is 5.73 Å². The summed E-state index contributed by atoms with van der Waals surface area (Å²) in [6, 6.07) is 6.23. The van der Waals surface area contributed by atoms with Crippen LogP contribution in [0.2, 0.25) is 0 Å². The second kappa shape index (κ2) is 6.20. The van der Waals surface area contributed by atoms with Gasteiger partial charge in [-0.2, -0.15) is 0 Å². The minimum absolute atomic E-state index is 0. The van der Waals surface area contributed by atoms with Gasteiger partial charge < -0.3 is 10.8 Å². The summed E-state index contributed by atoms with van der Waals surface area (Å²) in [5.74, 6) is 0. The van der Waals surface area contributed by atoms with Crippen LogP contribution in [0.3, 0.4) is 0 Å². The molecular weight excluding hydrogens is 250 g/mol. The number of rotatable bonds is 4. The van der Waals surface area contributed by atoms with Gasteiger partial charge in [0, 0.05) is 12.3 Å². The lowest BCUT2D eigenvalue weighted by atomic mass is 10.1. The summed E-state index contributed by atoms with van der Waals surface area (Å²) >= 11 is 0. The van der Waals surface area contributed by atoms with Crippen molar-refractivity contribution in [2.45, 2.75) is 17.4 Å². The lowest BCUT2D eigenvalue weighted by Crippen LogP contribution is -2.26. The molecule has 0 fully saturated rings. The van der Waals surface area contributed by atoms with Gasteiger partial charge in [0.2, 0.25) is 0 Å². The molecule has 0 bridgehead atoms. The zero-order valence-corrected chi connectivity index (χ0v) is 10.6. The van der Waals surface area contributed by atoms with Crippen molar-refractivity contribution < 1.29 is 13.5 Å². The van der Waals surface area contributed by atoms with Gasteiger partial charge in [-0.1, -0.05) is 12.1 Å². The number of hydrogen-bond acceptors (Lipinski definition) is 4. The molecule has 3 N–H and O–H groups in total. The maximum Gasteiger partial charge on any atom is 0.175 e. The molecule has 0 amide bonds. The van der Waals surface area contributed by atoms with E-state index < -0.39 is 9.84 Å². The number of sulfone groups is 1. The smallest absolute Gasteiger partial charge is 0.175 e. The molecule has 16 heavy (non-hydrogen) atoms. The first-order valence-corrected chi connectivity index (χ1v) is 6.48. The number of benzene rings is 1. The normalized spacial score (nSPS) is 12.9. The largest absolute Gasteiger partial charge is 0.395 e. The number of nitrogens with two attached hydrogens (primary N) is 1. The van der Waals surface area contributed by atoms with Gasteiger partial charge in [0.15, 0.2) is 9.84 Å². The van der Waals surface area contributed by atoms with Gasteiger partial charge in [-0.3, -0.25) is 0 Å². The molecule has 0 aliphatic rings. The third-order valence-corrected chi connectivity index (χ3v) is 3.21. The maximum absolute atomic E-state index is 11.2. The SMILES string of the molecule is CS(=O)(=O)c1ccc(C[C@@H](N)CO)cc1.Cl. The molecule has 0 saturated carbocycles. The third-order valence-electron chi connectivity index (χ3n) is 2.08. The Bertz CT molecular complexity index is 416. The average molecular weight is 266 g/mol. The van der Waals surface area contributed by atoms with E-state index in [0.717, 1.165) is 5.56 Å². The van der Waals surface area contributed by atoms with Gasteiger partial charge in [0.1, 0.15) is 0 Å². The molecule has 0 radical (unpaired) electrons. The molecule has 0 aliphatic heterocycles. The first-order chi connectivity index (χ1) is 6.93. The highest BCUT2D eigenvalue weighted by Crippen LogP contribution is 2.11. The Morgan fingerprint density at radius 2 is 1.81 bits per heavy atom. The van der Waals surface area contributed by atoms with E-state index >= 15 is 0 Å². The van der Waals surface area contributed by atoms with E-state index in [1.165, 1.54) is 6.26 Å². The van der Waals surface area contributed by atoms with Crippen molar-refractivity contribution in [3.05, 3.63) is 29.8 Å². The van der Waals surface area contributed by atoms with Gasteiger partial charge >= 0.3 is 0 Å². The van der Waals surface area contributed by atoms with Gasteiger partial charge in [-0.05, 0) is 24.1 Å². The van der Waals surface area contributed by atoms with E-state index in [1.807, 2.05) is 0 Å². The van der Waals surface area contributed by atoms with Crippen molar-refractivity contribution in [2.75, 3.05) is 12.9 Å². The van der Waals surface area contributed by atoms with Crippen molar-refractivity contribution in [1.82, 2.24) is 0 Å². The van der Waals surface area contributed by atoms with E-state index in [9.17, 15) is 8.42 Å². The summed E-state index contributed by atoms with van der Waals surface area (Å²) in [6.45, 7) is -0.0756. The summed E-state index contributed by atoms with van der Waals surface area (Å²) in [6.07, 6.45) is 1.71. The molecule has 6 heteroatoms. The Hall–Kier alpha value is -0.620. The van der Waals surface area contributed by atoms with Crippen molar-refractivity contribution in [3.63, 3.8) is 0 Å². The van der Waals surface area contributed by atoms with Crippen LogP contribution in [-0.4, -0.2) is 32.4 Å². The Labute approximate surface area is 102 Å². The lowest BCUT2D eigenvalue weighted by Gasteiger charge is -2.08. The molecule has 1 atom stereocenters. The second-order valence-corrected chi connectivity index (χ2v) is 5.58. The minimum atomic E-state index is -3.13. The highest BCUT2D eigenvalue weighted by molar-refractivity contribution is 7.90. The quantitative estimate of drug-likeness (QED) is 0.825. The van der Waals surface area contributed by atoms with Crippen LogP contribution < -0.4 is 5.73 Å². The molecule has 0 spiro atoms. The molecule has 0 heterocycles. The molecule has 0 aliphatic carbocycles. The summed E-state index contributed by atoms with van der Waals surface area (Å²) in [7, 11) is -3.13. The summed E-state index contributed by atoms with van der Waals surface area (Å²) < 4.78 is 22.3. The fourth-order valence-corrected chi connectivity index (χ4v) is 1.87. The van der Waals surface area contributed by atoms with Crippen LogP contribution in [0.15, 0.2) is 29.2 Å². The lowest BCUT2D eigenvalue weighted by molar-refractivity contribution is 0.265. The number of aliphatic hydroxyl groups is 1. The molecule has 0 aromatic heterocycles. The maximum atomic E-state index is 11.2. The molecule has 0 unspecified atom stereocenters. The fraction of sp³-hybridized carbons (Fsp3) is 0.400. The number of aliphatic hydroxyl groups excluding tert-OH is 1. The van der Waals surface area contributed by atoms with Crippen LogP contribution in [0.1, 0.15) is 5.56 Å². The third kappa shape index (κ3) is 4.49. The molecule has 0 saturated heterocycles. The Morgan fingerprint density at radius 1 is 1.31 bits per heavy atom. The van der Waals surface area contributed by atoms with Crippen LogP contribution in [-0.2, 0) is 16.3 Å². The molecule has 1 aromatic carbocycles. The predicted molar refractivity (Wildman–Crippen MR) is 65.6 cm³/mol. The standard InChI is InChI=1S/C10H15NO3S.ClH/c1-15(13,14)10-4-2-8(3-5-10)6-9(11)7-12;/h2-5,9,12H,6-7,11H2,1H3;1H/t9-;/m1./s1. The van der Waals surface area contributed by atoms with Crippen LogP contribution in [0.25, 0.3) is 0 Å². The Morgan fingerprint density at radius 3 is 2.19 bits per heavy atom. The Balaban J connectivity index is 0.00000225. The highest BCUT2D eigenvalue weighted by Gasteiger charge is 2.07. The number of hydrogen-bond donors (Lipinski definition) is 2. The summed E-state index contributed by atoms with van der Waals surface area (Å²) in [4.78, 5) is 0.295. The van der Waals surface area contributed by atoms with E-state index in [2.05, 4.69) is 0 Å². The molecular formula is C10H16ClNO3S. The highest BCUT2D eigenvalue weighted by atomic mass is 35.5. The minimum Gasteiger partial charge on any atom is -0.395 e. The van der Waals surface area contributed by atoms with Crippen molar-refractivity contribution in [1.29, 1.82) is 0 Å². The van der Waals surface area contributed by atoms with Crippen LogP contribution in [0.5, 0.6) is 0 Å². The van der Waals surface area contributed by atoms with E-state index in [1.54, 1.807) is 24.3 Å². The van der Waals surface area contributed by atoms with Crippen LogP contribution in [0, 0.1) is 0 Å². The van der Waals surface area contributed by atoms with E-state index in [0.29, 0.717) is 11.3 Å². The van der Waals surface area contributed by atoms with Crippen molar-refractivity contribution in [3.8, 4) is 0 Å². The van der Waals surface area contributed by atoms with Crippen molar-refractivity contribution >= 4 is 22.2 Å². The molecule has 92 valence electrons. The topological polar surface area (TPSA) is 80.4 Å². The summed E-state index contributed by atoms with van der Waals surface area (Å²) in [5.41, 5.74) is 6.48. The van der Waals surface area contributed by atoms with Gasteiger partial charge in [0.05, 0.1) is 11.5 Å². The van der Waals surface area contributed by atoms with E-state index in [4.69, 9.17) is 10.8 Å². The number of halogens is 1. The van der Waals surface area contributed by atoms with Gasteiger partial charge in [-0.25, -0.2) is 8.42 Å². The second-order valence-electron chi connectivity index (χ2n) is 3.56. The molecule has 4 nitrogen and oxygen atoms in total. The zero-order valence-electron chi connectivity index (χ0n) is 8.96. The fourth-order valence-electron chi connectivity index (χ4n) is 1.24. The van der Waals surface area contributed by atoms with Crippen LogP contribution >= 0.6 is 12.4 Å². The summed E-state index contributed by atoms with van der Waals surface area (Å²) in [5, 5.41) is 8.76. The monoisotopic (exact) mass is 265 g/mol. The van der Waals surface area contributed by atoms with E-state index in [-0.39, 0.29) is 25.1 Å². The Kier molecular flexibility index (Phi) is 5.96. The molecule has 1 rings (SSSR count).